The van der Waals surface area contributed by atoms with Gasteiger partial charge in [0.25, 0.3) is 0 Å². The first kappa shape index (κ1) is 9.26. The number of aromatic nitrogens is 2. The Bertz CT molecular complexity index is 276. The molecule has 1 N–H and O–H groups in total. The Kier molecular flexibility index (Phi) is 2.52. The van der Waals surface area contributed by atoms with E-state index in [2.05, 4.69) is 12.0 Å². The van der Waals surface area contributed by atoms with Crippen molar-refractivity contribution in [2.45, 2.75) is 40.3 Å². The molecule has 0 radical (unpaired) electrons. The molecule has 0 bridgehead atoms. The van der Waals surface area contributed by atoms with Crippen LogP contribution in [0.25, 0.3) is 0 Å². The summed E-state index contributed by atoms with van der Waals surface area (Å²) in [6.45, 7) is 8.42. The summed E-state index contributed by atoms with van der Waals surface area (Å²) in [6.07, 6.45) is -0.331. The largest absolute Gasteiger partial charge is 0.391 e. The molecular formula is C9H16N2O. The minimum absolute atomic E-state index is 0.331. The van der Waals surface area contributed by atoms with E-state index in [9.17, 15) is 0 Å². The van der Waals surface area contributed by atoms with Crippen molar-refractivity contribution < 1.29 is 5.11 Å². The quantitative estimate of drug-likeness (QED) is 0.720. The van der Waals surface area contributed by atoms with E-state index >= 15 is 0 Å². The Labute approximate surface area is 73.0 Å². The monoisotopic (exact) mass is 168 g/mol. The third-order valence-electron chi connectivity index (χ3n) is 2.18. The van der Waals surface area contributed by atoms with E-state index in [1.54, 1.807) is 6.92 Å². The zero-order valence-electron chi connectivity index (χ0n) is 8.13. The lowest BCUT2D eigenvalue weighted by molar-refractivity contribution is 0.167. The molecule has 0 amide bonds. The highest BCUT2D eigenvalue weighted by atomic mass is 16.3. The second kappa shape index (κ2) is 3.27. The maximum Gasteiger partial charge on any atom is 0.0708 e. The highest BCUT2D eigenvalue weighted by Gasteiger charge is 2.07. The molecule has 1 heterocycles. The Morgan fingerprint density at radius 3 is 2.33 bits per heavy atom. The number of aliphatic hydroxyl groups excluding tert-OH is 1. The molecule has 1 atom stereocenters. The Morgan fingerprint density at radius 2 is 2.00 bits per heavy atom. The predicted molar refractivity (Wildman–Crippen MR) is 48.1 cm³/mol. The summed E-state index contributed by atoms with van der Waals surface area (Å²) in [5.41, 5.74) is 3.41. The van der Waals surface area contributed by atoms with Crippen molar-refractivity contribution in [2.24, 2.45) is 0 Å². The third-order valence-corrected chi connectivity index (χ3v) is 2.18. The molecule has 0 unspecified atom stereocenters. The zero-order valence-corrected chi connectivity index (χ0v) is 8.13. The topological polar surface area (TPSA) is 38.0 Å². The van der Waals surface area contributed by atoms with Gasteiger partial charge in [-0.1, -0.05) is 0 Å². The molecule has 1 aromatic heterocycles. The molecule has 3 heteroatoms. The first-order valence-electron chi connectivity index (χ1n) is 4.21. The van der Waals surface area contributed by atoms with Gasteiger partial charge in [0.15, 0.2) is 0 Å². The van der Waals surface area contributed by atoms with Gasteiger partial charge in [0.05, 0.1) is 18.3 Å². The van der Waals surface area contributed by atoms with Gasteiger partial charge in [0.1, 0.15) is 0 Å². The van der Waals surface area contributed by atoms with Gasteiger partial charge in [-0.05, 0) is 33.3 Å². The molecule has 0 saturated heterocycles. The van der Waals surface area contributed by atoms with Gasteiger partial charge in [-0.2, -0.15) is 5.10 Å². The van der Waals surface area contributed by atoms with Gasteiger partial charge in [0, 0.05) is 5.69 Å². The van der Waals surface area contributed by atoms with Crippen LogP contribution in [0.5, 0.6) is 0 Å². The van der Waals surface area contributed by atoms with Crippen LogP contribution < -0.4 is 0 Å². The molecule has 0 aliphatic rings. The molecule has 1 rings (SSSR count). The van der Waals surface area contributed by atoms with Crippen molar-refractivity contribution in [2.75, 3.05) is 0 Å². The van der Waals surface area contributed by atoms with Crippen LogP contribution in [0.4, 0.5) is 0 Å². The molecule has 68 valence electrons. The smallest absolute Gasteiger partial charge is 0.0708 e. The van der Waals surface area contributed by atoms with E-state index in [4.69, 9.17) is 5.11 Å². The van der Waals surface area contributed by atoms with E-state index in [-0.39, 0.29) is 6.10 Å². The van der Waals surface area contributed by atoms with Crippen LogP contribution in [0.15, 0.2) is 0 Å². The predicted octanol–water partition coefficient (Wildman–Crippen LogP) is 1.19. The summed E-state index contributed by atoms with van der Waals surface area (Å²) in [5.74, 6) is 0. The molecule has 1 aromatic rings. The molecular weight excluding hydrogens is 152 g/mol. The molecule has 12 heavy (non-hydrogen) atoms. The number of aliphatic hydroxyl groups is 1. The van der Waals surface area contributed by atoms with Crippen molar-refractivity contribution >= 4 is 0 Å². The highest BCUT2D eigenvalue weighted by molar-refractivity contribution is 5.22. The molecule has 0 fully saturated rings. The molecule has 3 nitrogen and oxygen atoms in total. The summed E-state index contributed by atoms with van der Waals surface area (Å²) in [4.78, 5) is 0. The summed E-state index contributed by atoms with van der Waals surface area (Å²) in [7, 11) is 0. The lowest BCUT2D eigenvalue weighted by atomic mass is 10.2. The van der Waals surface area contributed by atoms with Crippen molar-refractivity contribution in [3.05, 3.63) is 17.0 Å². The summed E-state index contributed by atoms with van der Waals surface area (Å²) < 4.78 is 1.86. The minimum atomic E-state index is -0.331. The van der Waals surface area contributed by atoms with Crippen molar-refractivity contribution in [1.29, 1.82) is 0 Å². The lowest BCUT2D eigenvalue weighted by Gasteiger charge is -2.06. The first-order valence-corrected chi connectivity index (χ1v) is 4.21. The van der Waals surface area contributed by atoms with Crippen molar-refractivity contribution in [3.63, 3.8) is 0 Å². The summed E-state index contributed by atoms with van der Waals surface area (Å²) in [5, 5.41) is 13.5. The van der Waals surface area contributed by atoms with E-state index in [1.165, 1.54) is 5.56 Å². The Morgan fingerprint density at radius 1 is 1.42 bits per heavy atom. The van der Waals surface area contributed by atoms with Crippen LogP contribution in [0, 0.1) is 20.8 Å². The van der Waals surface area contributed by atoms with E-state index in [1.807, 2.05) is 18.5 Å². The fourth-order valence-electron chi connectivity index (χ4n) is 1.21. The van der Waals surface area contributed by atoms with Gasteiger partial charge in [-0.3, -0.25) is 4.68 Å². The Hall–Kier alpha value is -0.830. The maximum atomic E-state index is 9.17. The van der Waals surface area contributed by atoms with E-state index in [0.717, 1.165) is 11.4 Å². The fourth-order valence-corrected chi connectivity index (χ4v) is 1.21. The van der Waals surface area contributed by atoms with Crippen molar-refractivity contribution in [1.82, 2.24) is 9.78 Å². The fraction of sp³-hybridized carbons (Fsp3) is 0.667. The molecule has 0 aliphatic heterocycles. The standard InChI is InChI=1S/C9H16N2O/c1-6(12)5-11-9(4)7(2)8(3)10-11/h6,12H,5H2,1-4H3/t6-/m0/s1. The molecule has 0 aliphatic carbocycles. The van der Waals surface area contributed by atoms with Gasteiger partial charge in [-0.25, -0.2) is 0 Å². The number of aryl methyl sites for hydroxylation is 1. The average Bonchev–Trinajstić information content (AvgIpc) is 2.17. The van der Waals surface area contributed by atoms with Gasteiger partial charge in [0.2, 0.25) is 0 Å². The zero-order chi connectivity index (χ0) is 9.30. The number of hydrogen-bond acceptors (Lipinski definition) is 2. The molecule has 0 saturated carbocycles. The number of nitrogens with zero attached hydrogens (tertiary/aromatic N) is 2. The van der Waals surface area contributed by atoms with Gasteiger partial charge in [-0.15, -0.1) is 0 Å². The SMILES string of the molecule is Cc1nn(C[C@H](C)O)c(C)c1C. The van der Waals surface area contributed by atoms with E-state index in [0.29, 0.717) is 6.54 Å². The second-order valence-corrected chi connectivity index (χ2v) is 3.33. The van der Waals surface area contributed by atoms with Crippen LogP contribution in [0.3, 0.4) is 0 Å². The van der Waals surface area contributed by atoms with Crippen LogP contribution >= 0.6 is 0 Å². The van der Waals surface area contributed by atoms with Crippen LogP contribution in [-0.4, -0.2) is 21.0 Å². The first-order chi connectivity index (χ1) is 5.52. The number of rotatable bonds is 2. The number of hydrogen-bond donors (Lipinski definition) is 1. The highest BCUT2D eigenvalue weighted by Crippen LogP contribution is 2.10. The van der Waals surface area contributed by atoms with Crippen molar-refractivity contribution in [3.8, 4) is 0 Å². The maximum absolute atomic E-state index is 9.17. The normalized spacial score (nSPS) is 13.4. The van der Waals surface area contributed by atoms with Gasteiger partial charge >= 0.3 is 0 Å². The van der Waals surface area contributed by atoms with Crippen LogP contribution in [0.2, 0.25) is 0 Å². The average molecular weight is 168 g/mol. The van der Waals surface area contributed by atoms with E-state index < -0.39 is 0 Å². The molecule has 0 spiro atoms. The Balaban J connectivity index is 2.93. The minimum Gasteiger partial charge on any atom is -0.391 e. The summed E-state index contributed by atoms with van der Waals surface area (Å²) in [6, 6.07) is 0. The van der Waals surface area contributed by atoms with Crippen LogP contribution in [-0.2, 0) is 6.54 Å². The third kappa shape index (κ3) is 1.67. The van der Waals surface area contributed by atoms with Crippen LogP contribution in [0.1, 0.15) is 23.9 Å². The molecule has 0 aromatic carbocycles. The summed E-state index contributed by atoms with van der Waals surface area (Å²) >= 11 is 0. The lowest BCUT2D eigenvalue weighted by Crippen LogP contribution is -2.14. The second-order valence-electron chi connectivity index (χ2n) is 3.33. The van der Waals surface area contributed by atoms with Gasteiger partial charge < -0.3 is 5.11 Å².